The molecule has 1 aromatic heterocycles. The second-order valence-corrected chi connectivity index (χ2v) is 15.0. The van der Waals surface area contributed by atoms with Crippen LogP contribution in [-0.2, 0) is 5.41 Å². The summed E-state index contributed by atoms with van der Waals surface area (Å²) in [5.74, 6) is 1.47. The van der Waals surface area contributed by atoms with Crippen molar-refractivity contribution in [3.05, 3.63) is 126 Å². The first-order chi connectivity index (χ1) is 24.6. The number of carbonyl (C=O) groups is 1. The molecule has 0 saturated heterocycles. The molecule has 0 atom stereocenters. The number of anilines is 1. The quantitative estimate of drug-likeness (QED) is 0.0506. The van der Waals surface area contributed by atoms with Crippen LogP contribution in [0, 0.1) is 5.41 Å². The Labute approximate surface area is 317 Å². The summed E-state index contributed by atoms with van der Waals surface area (Å²) in [4.78, 5) is 20.2. The number of pyridine rings is 1. The molecule has 0 radical (unpaired) electrons. The number of allylic oxidation sites excluding steroid dienone is 9. The summed E-state index contributed by atoms with van der Waals surface area (Å²) < 4.78 is 2.34. The van der Waals surface area contributed by atoms with E-state index in [1.165, 1.54) is 16.9 Å². The normalized spacial score (nSPS) is 17.5. The summed E-state index contributed by atoms with van der Waals surface area (Å²) in [5.41, 5.74) is 8.92. The Bertz CT molecular complexity index is 1710. The third-order valence-electron chi connectivity index (χ3n) is 9.98. The zero-order chi connectivity index (χ0) is 37.0. The van der Waals surface area contributed by atoms with Gasteiger partial charge in [0.1, 0.15) is 6.54 Å². The molecule has 4 rings (SSSR count). The Hall–Kier alpha value is -3.59. The molecule has 2 aliphatic heterocycles. The predicted octanol–water partition coefficient (Wildman–Crippen LogP) is 8.74. The van der Waals surface area contributed by atoms with Crippen LogP contribution in [0.2, 0.25) is 0 Å². The molecule has 3 heterocycles. The van der Waals surface area contributed by atoms with E-state index in [0.717, 1.165) is 91.4 Å². The zero-order valence-corrected chi connectivity index (χ0v) is 32.8. The molecule has 0 fully saturated rings. The van der Waals surface area contributed by atoms with Crippen LogP contribution >= 0.6 is 25.3 Å². The molecule has 2 N–H and O–H groups in total. The van der Waals surface area contributed by atoms with Gasteiger partial charge >= 0.3 is 0 Å². The second kappa shape index (κ2) is 18.8. The van der Waals surface area contributed by atoms with Gasteiger partial charge in [-0.1, -0.05) is 70.2 Å². The third kappa shape index (κ3) is 9.26. The van der Waals surface area contributed by atoms with Crippen molar-refractivity contribution >= 4 is 48.1 Å². The highest BCUT2D eigenvalue weighted by Crippen LogP contribution is 2.47. The lowest BCUT2D eigenvalue weighted by atomic mass is 9.80. The molecular weight excluding hydrogens is 669 g/mol. The van der Waals surface area contributed by atoms with E-state index in [4.69, 9.17) is 10.1 Å². The second-order valence-electron chi connectivity index (χ2n) is 14.2. The number of hydrogen-bond donors (Lipinski definition) is 4. The minimum Gasteiger partial charge on any atom is -0.396 e. The number of nitrogens with one attached hydrogen (secondary N) is 1. The van der Waals surface area contributed by atoms with Crippen LogP contribution in [0.3, 0.4) is 0 Å². The van der Waals surface area contributed by atoms with Crippen molar-refractivity contribution in [3.63, 3.8) is 0 Å². The average molecular weight is 726 g/mol. The average Bonchev–Trinajstić information content (AvgIpc) is 3.48. The number of hydrogen-bond acceptors (Lipinski definition) is 6. The fourth-order valence-corrected chi connectivity index (χ4v) is 7.47. The Kier molecular flexibility index (Phi) is 14.8. The van der Waals surface area contributed by atoms with E-state index < -0.39 is 0 Å². The highest BCUT2D eigenvalue weighted by Gasteiger charge is 2.44. The first-order valence-electron chi connectivity index (χ1n) is 18.3. The number of unbranched alkanes of at least 4 members (excludes halogenated alkanes) is 3. The van der Waals surface area contributed by atoms with Crippen molar-refractivity contribution in [1.82, 2.24) is 10.3 Å². The number of amides is 1. The lowest BCUT2D eigenvalue weighted by Crippen LogP contribution is -2.27. The lowest BCUT2D eigenvalue weighted by molar-refractivity contribution is -0.469. The fourth-order valence-electron chi connectivity index (χ4n) is 7.19. The van der Waals surface area contributed by atoms with Gasteiger partial charge in [-0.25, -0.2) is 0 Å². The van der Waals surface area contributed by atoms with Gasteiger partial charge in [-0.05, 0) is 80.5 Å². The number of rotatable bonds is 19. The molecule has 0 unspecified atom stereocenters. The van der Waals surface area contributed by atoms with E-state index in [0.29, 0.717) is 12.1 Å². The third-order valence-corrected chi connectivity index (χ3v) is 10.6. The molecule has 0 bridgehead atoms. The van der Waals surface area contributed by atoms with Gasteiger partial charge in [0.15, 0.2) is 5.71 Å². The smallest absolute Gasteiger partial charge is 0.252 e. The van der Waals surface area contributed by atoms with E-state index in [9.17, 15) is 4.79 Å². The van der Waals surface area contributed by atoms with E-state index in [2.05, 4.69) is 129 Å². The van der Waals surface area contributed by atoms with Crippen LogP contribution in [0.25, 0.3) is 5.57 Å². The number of para-hydroxylation sites is 1. The molecule has 1 aromatic carbocycles. The molecular formula is C43H57N4O2S2+. The monoisotopic (exact) mass is 725 g/mol. The summed E-state index contributed by atoms with van der Waals surface area (Å²) in [6.07, 6.45) is 19.8. The highest BCUT2D eigenvalue weighted by atomic mass is 32.1. The summed E-state index contributed by atoms with van der Waals surface area (Å²) in [5, 5.41) is 12.0. The summed E-state index contributed by atoms with van der Waals surface area (Å²) in [6, 6.07) is 12.5. The molecule has 1 amide bonds. The van der Waals surface area contributed by atoms with E-state index in [1.54, 1.807) is 6.20 Å². The van der Waals surface area contributed by atoms with Gasteiger partial charge in [0.2, 0.25) is 5.70 Å². The zero-order valence-electron chi connectivity index (χ0n) is 31.0. The highest BCUT2D eigenvalue weighted by molar-refractivity contribution is 7.80. The maximum Gasteiger partial charge on any atom is 0.252 e. The standard InChI is InChI=1S/C43H56N4O2S2/c1-7-34-37(8-2)46(26-15-29-50)39(42(34,3)4)23-20-32(36-22-19-33(31-45-36)41(49)44-25-13-9-10-14-28-48)21-24-40-43(5,6)35-17-11-12-18-38(35)47(40)27-16-30-51/h7-8,11-12,17-24,31,48H,1-2,9-10,13-16,25-30H2,3-6H3,(H2-,44,49,50,51)/p+1. The SMILES string of the molecule is C=CC1=C(C=C)C(C)(C)C(/C=C/C(=C/C=C2/N(CCCS)c3ccccc3C2(C)C)c2ccc(C(=O)NCCCCCCO)cn2)=[N+]1CCCS. The van der Waals surface area contributed by atoms with Crippen LogP contribution in [0.15, 0.2) is 109 Å². The van der Waals surface area contributed by atoms with Gasteiger partial charge in [0.05, 0.1) is 16.7 Å². The van der Waals surface area contributed by atoms with Crippen LogP contribution in [-0.4, -0.2) is 64.0 Å². The van der Waals surface area contributed by atoms with Crippen LogP contribution < -0.4 is 10.2 Å². The minimum atomic E-state index is -0.284. The number of aromatic nitrogens is 1. The Morgan fingerprint density at radius 3 is 2.37 bits per heavy atom. The maximum absolute atomic E-state index is 13.0. The van der Waals surface area contributed by atoms with Crippen LogP contribution in [0.5, 0.6) is 0 Å². The number of thiol groups is 2. The molecule has 2 aromatic rings. The molecule has 6 nitrogen and oxygen atoms in total. The molecule has 8 heteroatoms. The predicted molar refractivity (Wildman–Crippen MR) is 222 cm³/mol. The van der Waals surface area contributed by atoms with Crippen LogP contribution in [0.4, 0.5) is 5.69 Å². The number of benzene rings is 1. The molecule has 51 heavy (non-hydrogen) atoms. The van der Waals surface area contributed by atoms with Gasteiger partial charge in [-0.3, -0.25) is 9.78 Å². The van der Waals surface area contributed by atoms with Crippen molar-refractivity contribution in [3.8, 4) is 0 Å². The number of aliphatic hydroxyl groups excluding tert-OH is 1. The van der Waals surface area contributed by atoms with Crippen molar-refractivity contribution < 1.29 is 14.5 Å². The van der Waals surface area contributed by atoms with E-state index in [1.807, 2.05) is 24.3 Å². The topological polar surface area (TPSA) is 68.5 Å². The fraction of sp³-hybridized carbons (Fsp3) is 0.419. The molecule has 0 saturated carbocycles. The minimum absolute atomic E-state index is 0.132. The van der Waals surface area contributed by atoms with Gasteiger partial charge < -0.3 is 15.3 Å². The Morgan fingerprint density at radius 1 is 0.961 bits per heavy atom. The van der Waals surface area contributed by atoms with Crippen LogP contribution in [0.1, 0.15) is 87.8 Å². The summed E-state index contributed by atoms with van der Waals surface area (Å²) >= 11 is 9.04. The van der Waals surface area contributed by atoms with Crippen molar-refractivity contribution in [2.45, 2.75) is 71.6 Å². The summed E-state index contributed by atoms with van der Waals surface area (Å²) in [6.45, 7) is 19.8. The first-order valence-corrected chi connectivity index (χ1v) is 19.5. The molecule has 272 valence electrons. The van der Waals surface area contributed by atoms with Crippen molar-refractivity contribution in [2.75, 3.05) is 42.6 Å². The Morgan fingerprint density at radius 2 is 1.71 bits per heavy atom. The van der Waals surface area contributed by atoms with Crippen molar-refractivity contribution in [2.24, 2.45) is 5.41 Å². The molecule has 2 aliphatic rings. The van der Waals surface area contributed by atoms with E-state index in [-0.39, 0.29) is 23.3 Å². The number of aliphatic hydroxyl groups is 1. The number of nitrogens with zero attached hydrogens (tertiary/aromatic N) is 3. The number of fused-ring (bicyclic) bond motifs is 1. The Balaban J connectivity index is 1.77. The largest absolute Gasteiger partial charge is 0.396 e. The van der Waals surface area contributed by atoms with Gasteiger partial charge in [0, 0.05) is 72.4 Å². The summed E-state index contributed by atoms with van der Waals surface area (Å²) in [7, 11) is 0. The van der Waals surface area contributed by atoms with Crippen molar-refractivity contribution in [1.29, 1.82) is 0 Å². The maximum atomic E-state index is 13.0. The molecule has 0 aliphatic carbocycles. The van der Waals surface area contributed by atoms with Gasteiger partial charge in [-0.2, -0.15) is 29.8 Å². The number of carbonyl (C=O) groups excluding carboxylic acids is 1. The molecule has 0 spiro atoms. The van der Waals surface area contributed by atoms with Gasteiger partial charge in [-0.15, -0.1) is 0 Å². The first kappa shape index (κ1) is 40.2. The van der Waals surface area contributed by atoms with Gasteiger partial charge in [0.25, 0.3) is 5.91 Å². The lowest BCUT2D eigenvalue weighted by Gasteiger charge is -2.27. The van der Waals surface area contributed by atoms with E-state index >= 15 is 0 Å².